The molecule has 0 atom stereocenters. The Balaban J connectivity index is 2.92. The number of para-hydroxylation sites is 1. The van der Waals surface area contributed by atoms with Crippen molar-refractivity contribution in [2.24, 2.45) is 0 Å². The van der Waals surface area contributed by atoms with Gasteiger partial charge in [-0.05, 0) is 26.0 Å². The molecule has 2 N–H and O–H groups in total. The Hall–Kier alpha value is -1.86. The molecule has 1 amide bonds. The van der Waals surface area contributed by atoms with Gasteiger partial charge in [0.25, 0.3) is 5.91 Å². The van der Waals surface area contributed by atoms with Crippen molar-refractivity contribution in [3.05, 3.63) is 29.8 Å². The van der Waals surface area contributed by atoms with Crippen molar-refractivity contribution >= 4 is 11.6 Å². The molecule has 0 aliphatic carbocycles. The van der Waals surface area contributed by atoms with Gasteiger partial charge in [-0.1, -0.05) is 12.1 Å². The van der Waals surface area contributed by atoms with Crippen LogP contribution < -0.4 is 5.32 Å². The van der Waals surface area contributed by atoms with Crippen LogP contribution in [0.5, 0.6) is 0 Å². The van der Waals surface area contributed by atoms with E-state index < -0.39 is 11.5 Å². The highest BCUT2D eigenvalue weighted by molar-refractivity contribution is 5.97. The maximum Gasteiger partial charge on any atom is 0.255 e. The molecule has 0 fully saturated rings. The van der Waals surface area contributed by atoms with E-state index in [-0.39, 0.29) is 0 Å². The number of carbonyl (C=O) groups is 1. The lowest BCUT2D eigenvalue weighted by Gasteiger charge is -2.16. The molecule has 0 aliphatic heterocycles. The highest BCUT2D eigenvalue weighted by Gasteiger charge is 2.24. The molecule has 0 aromatic heterocycles. The summed E-state index contributed by atoms with van der Waals surface area (Å²) in [7, 11) is 0. The molecule has 0 radical (unpaired) electrons. The zero-order chi connectivity index (χ0) is 11.5. The summed E-state index contributed by atoms with van der Waals surface area (Å²) in [6.07, 6.45) is 0. The van der Waals surface area contributed by atoms with E-state index in [0.29, 0.717) is 11.3 Å². The van der Waals surface area contributed by atoms with Gasteiger partial charge < -0.3 is 10.4 Å². The van der Waals surface area contributed by atoms with Crippen molar-refractivity contribution in [2.45, 2.75) is 19.4 Å². The summed E-state index contributed by atoms with van der Waals surface area (Å²) in [4.78, 5) is 11.4. The Kier molecular flexibility index (Phi) is 3.08. The van der Waals surface area contributed by atoms with Gasteiger partial charge in [0, 0.05) is 0 Å². The SMILES string of the molecule is CC(C)(O)C(=O)Nc1ccccc1C#N. The van der Waals surface area contributed by atoms with Crippen molar-refractivity contribution in [3.63, 3.8) is 0 Å². The number of rotatable bonds is 2. The number of amides is 1. The predicted molar refractivity (Wildman–Crippen MR) is 56.1 cm³/mol. The standard InChI is InChI=1S/C11H12N2O2/c1-11(2,15)10(14)13-9-6-4-3-5-8(9)7-12/h3-6,15H,1-2H3,(H,13,14). The number of nitrogens with one attached hydrogen (secondary N) is 1. The van der Waals surface area contributed by atoms with E-state index >= 15 is 0 Å². The molecule has 15 heavy (non-hydrogen) atoms. The van der Waals surface area contributed by atoms with Gasteiger partial charge in [-0.3, -0.25) is 4.79 Å². The van der Waals surface area contributed by atoms with E-state index in [1.165, 1.54) is 13.8 Å². The van der Waals surface area contributed by atoms with Gasteiger partial charge in [0.1, 0.15) is 11.7 Å². The van der Waals surface area contributed by atoms with Gasteiger partial charge in [0.05, 0.1) is 11.3 Å². The molecule has 0 bridgehead atoms. The molecule has 1 rings (SSSR count). The average molecular weight is 204 g/mol. The Morgan fingerprint density at radius 2 is 2.07 bits per heavy atom. The summed E-state index contributed by atoms with van der Waals surface area (Å²) in [5, 5.41) is 20.7. The smallest absolute Gasteiger partial charge is 0.255 e. The molecule has 0 spiro atoms. The third-order valence-corrected chi connectivity index (χ3v) is 1.85. The molecule has 78 valence electrons. The van der Waals surface area contributed by atoms with Crippen molar-refractivity contribution in [2.75, 3.05) is 5.32 Å². The number of hydrogen-bond donors (Lipinski definition) is 2. The van der Waals surface area contributed by atoms with Crippen LogP contribution in [0.3, 0.4) is 0 Å². The third-order valence-electron chi connectivity index (χ3n) is 1.85. The van der Waals surface area contributed by atoms with E-state index in [0.717, 1.165) is 0 Å². The number of nitriles is 1. The molecular formula is C11H12N2O2. The highest BCUT2D eigenvalue weighted by atomic mass is 16.3. The third kappa shape index (κ3) is 2.79. The van der Waals surface area contributed by atoms with Crippen LogP contribution in [0.4, 0.5) is 5.69 Å². The predicted octanol–water partition coefficient (Wildman–Crippen LogP) is 1.27. The summed E-state index contributed by atoms with van der Waals surface area (Å²) in [5.74, 6) is -0.537. The fourth-order valence-corrected chi connectivity index (χ4v) is 0.965. The minimum absolute atomic E-state index is 0.370. The Morgan fingerprint density at radius 3 is 2.60 bits per heavy atom. The van der Waals surface area contributed by atoms with Gasteiger partial charge in [-0.2, -0.15) is 5.26 Å². The quantitative estimate of drug-likeness (QED) is 0.761. The molecule has 4 nitrogen and oxygen atoms in total. The molecule has 0 unspecified atom stereocenters. The summed E-state index contributed by atoms with van der Waals surface area (Å²) in [5.41, 5.74) is -0.676. The zero-order valence-corrected chi connectivity index (χ0v) is 8.61. The Labute approximate surface area is 88.2 Å². The van der Waals surface area contributed by atoms with E-state index in [2.05, 4.69) is 5.32 Å². The summed E-state index contributed by atoms with van der Waals surface area (Å²) >= 11 is 0. The number of carbonyl (C=O) groups excluding carboxylic acids is 1. The van der Waals surface area contributed by atoms with E-state index in [1.807, 2.05) is 6.07 Å². The van der Waals surface area contributed by atoms with Crippen LogP contribution in [0.25, 0.3) is 0 Å². The fraction of sp³-hybridized carbons (Fsp3) is 0.273. The van der Waals surface area contributed by atoms with Gasteiger partial charge in [0.15, 0.2) is 0 Å². The van der Waals surface area contributed by atoms with Gasteiger partial charge in [-0.15, -0.1) is 0 Å². The molecular weight excluding hydrogens is 192 g/mol. The fourth-order valence-electron chi connectivity index (χ4n) is 0.965. The zero-order valence-electron chi connectivity index (χ0n) is 8.61. The molecule has 0 saturated heterocycles. The first-order valence-electron chi connectivity index (χ1n) is 4.48. The topological polar surface area (TPSA) is 73.1 Å². The second-order valence-electron chi connectivity index (χ2n) is 3.67. The largest absolute Gasteiger partial charge is 0.381 e. The Bertz CT molecular complexity index is 413. The number of nitrogens with zero attached hydrogens (tertiary/aromatic N) is 1. The normalized spacial score (nSPS) is 10.5. The van der Waals surface area contributed by atoms with E-state index in [4.69, 9.17) is 5.26 Å². The average Bonchev–Trinajstić information content (AvgIpc) is 2.17. The first-order valence-corrected chi connectivity index (χ1v) is 4.48. The summed E-state index contributed by atoms with van der Waals surface area (Å²) in [6, 6.07) is 8.58. The monoisotopic (exact) mass is 204 g/mol. The molecule has 0 saturated carbocycles. The van der Waals surface area contributed by atoms with Crippen molar-refractivity contribution in [3.8, 4) is 6.07 Å². The van der Waals surface area contributed by atoms with Crippen LogP contribution in [0.15, 0.2) is 24.3 Å². The number of benzene rings is 1. The lowest BCUT2D eigenvalue weighted by Crippen LogP contribution is -2.36. The highest BCUT2D eigenvalue weighted by Crippen LogP contribution is 2.15. The molecule has 1 aromatic rings. The minimum Gasteiger partial charge on any atom is -0.381 e. The van der Waals surface area contributed by atoms with Crippen LogP contribution in [0, 0.1) is 11.3 Å². The van der Waals surface area contributed by atoms with Crippen LogP contribution >= 0.6 is 0 Å². The van der Waals surface area contributed by atoms with Crippen LogP contribution in [-0.2, 0) is 4.79 Å². The Morgan fingerprint density at radius 1 is 1.47 bits per heavy atom. The first-order chi connectivity index (χ1) is 6.95. The maximum atomic E-state index is 11.4. The first kappa shape index (κ1) is 11.2. The number of hydrogen-bond acceptors (Lipinski definition) is 3. The van der Waals surface area contributed by atoms with E-state index in [9.17, 15) is 9.90 Å². The second kappa shape index (κ2) is 4.11. The van der Waals surface area contributed by atoms with Gasteiger partial charge in [-0.25, -0.2) is 0 Å². The van der Waals surface area contributed by atoms with Crippen LogP contribution in [0.2, 0.25) is 0 Å². The lowest BCUT2D eigenvalue weighted by atomic mass is 10.1. The molecule has 1 aromatic carbocycles. The van der Waals surface area contributed by atoms with Crippen molar-refractivity contribution in [1.29, 1.82) is 5.26 Å². The van der Waals surface area contributed by atoms with Crippen LogP contribution in [0.1, 0.15) is 19.4 Å². The molecule has 0 aliphatic rings. The molecule has 0 heterocycles. The van der Waals surface area contributed by atoms with E-state index in [1.54, 1.807) is 24.3 Å². The number of aliphatic hydroxyl groups is 1. The number of anilines is 1. The summed E-state index contributed by atoms with van der Waals surface area (Å²) < 4.78 is 0. The van der Waals surface area contributed by atoms with Gasteiger partial charge in [0.2, 0.25) is 0 Å². The summed E-state index contributed by atoms with van der Waals surface area (Å²) in [6.45, 7) is 2.77. The van der Waals surface area contributed by atoms with Crippen molar-refractivity contribution in [1.82, 2.24) is 0 Å². The second-order valence-corrected chi connectivity index (χ2v) is 3.67. The van der Waals surface area contributed by atoms with Crippen molar-refractivity contribution < 1.29 is 9.90 Å². The maximum absolute atomic E-state index is 11.4. The molecule has 4 heteroatoms. The van der Waals surface area contributed by atoms with Crippen LogP contribution in [-0.4, -0.2) is 16.6 Å². The van der Waals surface area contributed by atoms with Gasteiger partial charge >= 0.3 is 0 Å². The minimum atomic E-state index is -1.46. The lowest BCUT2D eigenvalue weighted by molar-refractivity contribution is -0.130.